The summed E-state index contributed by atoms with van der Waals surface area (Å²) in [5.41, 5.74) is 1.87. The van der Waals surface area contributed by atoms with Gasteiger partial charge in [-0.1, -0.05) is 36.4 Å². The molecule has 1 heterocycles. The number of hydrogen-bond donors (Lipinski definition) is 0. The quantitative estimate of drug-likeness (QED) is 0.475. The van der Waals surface area contributed by atoms with Crippen LogP contribution in [0.4, 0.5) is 8.78 Å². The number of para-hydroxylation sites is 1. The fourth-order valence-electron chi connectivity index (χ4n) is 3.01. The van der Waals surface area contributed by atoms with Crippen LogP contribution in [0.3, 0.4) is 0 Å². The summed E-state index contributed by atoms with van der Waals surface area (Å²) in [6.07, 6.45) is 0. The predicted molar refractivity (Wildman–Crippen MR) is 110 cm³/mol. The van der Waals surface area contributed by atoms with E-state index in [-0.39, 0.29) is 4.90 Å². The largest absolute Gasteiger partial charge is 0.496 e. The lowest BCUT2D eigenvalue weighted by atomic mass is 10.1. The summed E-state index contributed by atoms with van der Waals surface area (Å²) >= 11 is 1.66. The van der Waals surface area contributed by atoms with Crippen molar-refractivity contribution >= 4 is 21.2 Å². The Morgan fingerprint density at radius 3 is 2.31 bits per heavy atom. The zero-order valence-corrected chi connectivity index (χ0v) is 17.4. The van der Waals surface area contributed by atoms with Crippen molar-refractivity contribution in [2.24, 2.45) is 0 Å². The summed E-state index contributed by atoms with van der Waals surface area (Å²) in [5.74, 6) is -2.63. The van der Waals surface area contributed by atoms with Crippen molar-refractivity contribution in [2.45, 2.75) is 30.3 Å². The minimum atomic E-state index is -4.58. The normalized spacial score (nSPS) is 11.9. The lowest BCUT2D eigenvalue weighted by Gasteiger charge is -2.23. The van der Waals surface area contributed by atoms with E-state index in [4.69, 9.17) is 4.74 Å². The number of alkyl halides is 2. The lowest BCUT2D eigenvalue weighted by Crippen LogP contribution is -2.22. The number of sulfone groups is 1. The Labute approximate surface area is 173 Å². The van der Waals surface area contributed by atoms with Crippen LogP contribution in [0.25, 0.3) is 0 Å². The van der Waals surface area contributed by atoms with Crippen molar-refractivity contribution in [2.75, 3.05) is 7.11 Å². The zero-order chi connectivity index (χ0) is 20.9. The minimum absolute atomic E-state index is 0.370. The Morgan fingerprint density at radius 2 is 1.69 bits per heavy atom. The summed E-state index contributed by atoms with van der Waals surface area (Å²) in [6.45, 7) is 1.86. The molecule has 0 unspecified atom stereocenters. The highest BCUT2D eigenvalue weighted by atomic mass is 32.2. The fraction of sp³-hybridized carbons (Fsp3) is 0.238. The Bertz CT molecular complexity index is 1020. The minimum Gasteiger partial charge on any atom is -0.496 e. The fourth-order valence-corrected chi connectivity index (χ4v) is 4.48. The van der Waals surface area contributed by atoms with Crippen molar-refractivity contribution in [3.05, 3.63) is 82.0 Å². The number of hydrogen-bond acceptors (Lipinski definition) is 5. The van der Waals surface area contributed by atoms with Gasteiger partial charge in [-0.05, 0) is 35.2 Å². The molecule has 0 spiro atoms. The molecular weight excluding hydrogens is 416 g/mol. The van der Waals surface area contributed by atoms with Crippen molar-refractivity contribution in [3.8, 4) is 5.75 Å². The molecule has 4 nitrogen and oxygen atoms in total. The Hall–Kier alpha value is -2.29. The van der Waals surface area contributed by atoms with E-state index in [1.54, 1.807) is 30.6 Å². The molecule has 0 atom stereocenters. The predicted octanol–water partition coefficient (Wildman–Crippen LogP) is 4.96. The molecular formula is C21H21F2NO3S2. The van der Waals surface area contributed by atoms with Crippen molar-refractivity contribution < 1.29 is 21.9 Å². The number of benzene rings is 2. The molecule has 0 aliphatic heterocycles. The van der Waals surface area contributed by atoms with Crippen LogP contribution in [0.5, 0.6) is 5.75 Å². The molecule has 0 aliphatic rings. The average Bonchev–Trinajstić information content (AvgIpc) is 3.21. The van der Waals surface area contributed by atoms with E-state index in [2.05, 4.69) is 11.0 Å². The molecule has 0 fully saturated rings. The van der Waals surface area contributed by atoms with Crippen LogP contribution in [0, 0.1) is 0 Å². The van der Waals surface area contributed by atoms with E-state index in [0.29, 0.717) is 19.6 Å². The SMILES string of the molecule is COc1ccccc1CN(Cc1ccc(S(=O)(=O)C(F)F)cc1)Cc1cccs1. The van der Waals surface area contributed by atoms with Gasteiger partial charge in [-0.2, -0.15) is 8.78 Å². The van der Waals surface area contributed by atoms with Gasteiger partial charge in [0, 0.05) is 30.1 Å². The lowest BCUT2D eigenvalue weighted by molar-refractivity contribution is 0.234. The van der Waals surface area contributed by atoms with Crippen LogP contribution >= 0.6 is 11.3 Å². The molecule has 0 amide bonds. The molecule has 29 heavy (non-hydrogen) atoms. The molecule has 3 rings (SSSR count). The van der Waals surface area contributed by atoms with Gasteiger partial charge >= 0.3 is 5.76 Å². The smallest absolute Gasteiger partial charge is 0.341 e. The van der Waals surface area contributed by atoms with Gasteiger partial charge in [0.2, 0.25) is 9.84 Å². The second-order valence-electron chi connectivity index (χ2n) is 6.49. The Kier molecular flexibility index (Phi) is 7.00. The van der Waals surface area contributed by atoms with Crippen molar-refractivity contribution in [1.29, 1.82) is 0 Å². The summed E-state index contributed by atoms with van der Waals surface area (Å²) in [4.78, 5) is 3.02. The highest BCUT2D eigenvalue weighted by Gasteiger charge is 2.26. The monoisotopic (exact) mass is 437 g/mol. The van der Waals surface area contributed by atoms with Gasteiger partial charge < -0.3 is 4.74 Å². The number of methoxy groups -OCH3 is 1. The summed E-state index contributed by atoms with van der Waals surface area (Å²) < 4.78 is 54.1. The van der Waals surface area contributed by atoms with Gasteiger partial charge in [-0.15, -0.1) is 11.3 Å². The van der Waals surface area contributed by atoms with Gasteiger partial charge in [-0.3, -0.25) is 4.90 Å². The number of nitrogens with zero attached hydrogens (tertiary/aromatic N) is 1. The van der Waals surface area contributed by atoms with E-state index < -0.39 is 15.6 Å². The molecule has 8 heteroatoms. The van der Waals surface area contributed by atoms with Crippen LogP contribution < -0.4 is 4.74 Å². The molecule has 0 saturated heterocycles. The standard InChI is InChI=1S/C21H21F2NO3S2/c1-27-20-7-3-2-5-17(20)14-24(15-18-6-4-12-28-18)13-16-8-10-19(11-9-16)29(25,26)21(22)23/h2-12,21H,13-15H2,1H3. The molecule has 1 aromatic heterocycles. The van der Waals surface area contributed by atoms with E-state index in [1.165, 1.54) is 17.0 Å². The average molecular weight is 438 g/mol. The molecule has 2 aromatic carbocycles. The maximum atomic E-state index is 12.7. The van der Waals surface area contributed by atoms with E-state index in [1.807, 2.05) is 35.7 Å². The van der Waals surface area contributed by atoms with Crippen LogP contribution in [-0.4, -0.2) is 26.2 Å². The first-order chi connectivity index (χ1) is 13.9. The maximum Gasteiger partial charge on any atom is 0.341 e. The van der Waals surface area contributed by atoms with Crippen molar-refractivity contribution in [3.63, 3.8) is 0 Å². The van der Waals surface area contributed by atoms with E-state index in [0.717, 1.165) is 16.9 Å². The number of rotatable bonds is 9. The summed E-state index contributed by atoms with van der Waals surface area (Å²) in [6, 6.07) is 17.5. The number of thiophene rings is 1. The Morgan fingerprint density at radius 1 is 0.966 bits per heavy atom. The van der Waals surface area contributed by atoms with Crippen LogP contribution in [0.2, 0.25) is 0 Å². The van der Waals surface area contributed by atoms with Gasteiger partial charge in [-0.25, -0.2) is 8.42 Å². The third-order valence-electron chi connectivity index (χ3n) is 4.44. The zero-order valence-electron chi connectivity index (χ0n) is 15.8. The number of ether oxygens (including phenoxy) is 1. The molecule has 0 aliphatic carbocycles. The topological polar surface area (TPSA) is 46.6 Å². The molecule has 0 bridgehead atoms. The second-order valence-corrected chi connectivity index (χ2v) is 9.44. The summed E-state index contributed by atoms with van der Waals surface area (Å²) in [7, 11) is -2.95. The molecule has 0 N–H and O–H groups in total. The van der Waals surface area contributed by atoms with E-state index >= 15 is 0 Å². The molecule has 0 saturated carbocycles. The first-order valence-electron chi connectivity index (χ1n) is 8.88. The third-order valence-corrected chi connectivity index (χ3v) is 6.70. The highest BCUT2D eigenvalue weighted by Crippen LogP contribution is 2.24. The number of halogens is 2. The first kappa shape index (κ1) is 21.4. The van der Waals surface area contributed by atoms with E-state index in [9.17, 15) is 17.2 Å². The van der Waals surface area contributed by atoms with Crippen LogP contribution in [0.15, 0.2) is 70.9 Å². The van der Waals surface area contributed by atoms with Crippen LogP contribution in [-0.2, 0) is 29.5 Å². The molecule has 0 radical (unpaired) electrons. The van der Waals surface area contributed by atoms with Gasteiger partial charge in [0.25, 0.3) is 0 Å². The van der Waals surface area contributed by atoms with Crippen molar-refractivity contribution in [1.82, 2.24) is 4.90 Å². The first-order valence-corrected chi connectivity index (χ1v) is 11.3. The Balaban J connectivity index is 1.81. The highest BCUT2D eigenvalue weighted by molar-refractivity contribution is 7.91. The van der Waals surface area contributed by atoms with Gasteiger partial charge in [0.1, 0.15) is 5.75 Å². The third kappa shape index (κ3) is 5.41. The maximum absolute atomic E-state index is 12.7. The summed E-state index contributed by atoms with van der Waals surface area (Å²) in [5, 5.41) is 2.01. The van der Waals surface area contributed by atoms with Crippen LogP contribution in [0.1, 0.15) is 16.0 Å². The second kappa shape index (κ2) is 9.47. The van der Waals surface area contributed by atoms with Gasteiger partial charge in [0.15, 0.2) is 0 Å². The molecule has 154 valence electrons. The molecule has 3 aromatic rings. The van der Waals surface area contributed by atoms with Gasteiger partial charge in [0.05, 0.1) is 12.0 Å².